The van der Waals surface area contributed by atoms with Gasteiger partial charge in [0.2, 0.25) is 5.91 Å². The highest BCUT2D eigenvalue weighted by Crippen LogP contribution is 2.27. The molecule has 1 saturated heterocycles. The van der Waals surface area contributed by atoms with Crippen LogP contribution in [0.2, 0.25) is 0 Å². The summed E-state index contributed by atoms with van der Waals surface area (Å²) in [5.41, 5.74) is 1.11. The number of anilines is 1. The number of rotatable bonds is 5. The van der Waals surface area contributed by atoms with Crippen molar-refractivity contribution in [3.05, 3.63) is 41.3 Å². The van der Waals surface area contributed by atoms with Crippen molar-refractivity contribution in [3.8, 4) is 0 Å². The molecule has 2 aromatic rings. The fourth-order valence-corrected chi connectivity index (χ4v) is 4.50. The summed E-state index contributed by atoms with van der Waals surface area (Å²) in [6, 6.07) is 3.69. The van der Waals surface area contributed by atoms with Gasteiger partial charge in [-0.15, -0.1) is 6.58 Å². The van der Waals surface area contributed by atoms with E-state index in [1.807, 2.05) is 21.9 Å². The van der Waals surface area contributed by atoms with Gasteiger partial charge in [-0.1, -0.05) is 25.3 Å². The molecule has 7 nitrogen and oxygen atoms in total. The van der Waals surface area contributed by atoms with E-state index in [0.717, 1.165) is 0 Å². The molecule has 29 heavy (non-hydrogen) atoms. The third kappa shape index (κ3) is 4.18. The second-order valence-corrected chi connectivity index (χ2v) is 8.06. The summed E-state index contributed by atoms with van der Waals surface area (Å²) >= 11 is 0. The zero-order chi connectivity index (χ0) is 20.2. The summed E-state index contributed by atoms with van der Waals surface area (Å²) in [6.07, 6.45) is 10.2. The highest BCUT2D eigenvalue weighted by molar-refractivity contribution is 5.77. The fourth-order valence-electron chi connectivity index (χ4n) is 4.50. The number of fused-ring (bicyclic) bond motifs is 1. The van der Waals surface area contributed by atoms with Crippen LogP contribution in [0.5, 0.6) is 0 Å². The number of nitrogens with zero attached hydrogens (tertiary/aromatic N) is 5. The second kappa shape index (κ2) is 8.76. The minimum absolute atomic E-state index is 0.155. The molecule has 3 heterocycles. The largest absolute Gasteiger partial charge is 0.348 e. The Hall–Kier alpha value is -2.70. The van der Waals surface area contributed by atoms with Gasteiger partial charge < -0.3 is 9.80 Å². The molecule has 0 bridgehead atoms. The lowest BCUT2D eigenvalue weighted by Crippen LogP contribution is -2.51. The van der Waals surface area contributed by atoms with E-state index in [2.05, 4.69) is 16.5 Å². The van der Waals surface area contributed by atoms with Crippen LogP contribution in [0.15, 0.2) is 35.8 Å². The molecule has 0 N–H and O–H groups in total. The van der Waals surface area contributed by atoms with E-state index in [1.165, 1.54) is 32.1 Å². The van der Waals surface area contributed by atoms with Crippen molar-refractivity contribution in [3.63, 3.8) is 0 Å². The maximum atomic E-state index is 13.0. The van der Waals surface area contributed by atoms with Crippen LogP contribution in [0.3, 0.4) is 0 Å². The van der Waals surface area contributed by atoms with E-state index in [9.17, 15) is 9.59 Å². The summed E-state index contributed by atoms with van der Waals surface area (Å²) in [6.45, 7) is 6.67. The first-order valence-corrected chi connectivity index (χ1v) is 10.7. The van der Waals surface area contributed by atoms with Gasteiger partial charge in [0.05, 0.1) is 0 Å². The Bertz CT molecular complexity index is 940. The van der Waals surface area contributed by atoms with Crippen molar-refractivity contribution >= 4 is 22.9 Å². The molecular weight excluding hydrogens is 366 g/mol. The summed E-state index contributed by atoms with van der Waals surface area (Å²) in [5.74, 6) is 1.25. The zero-order valence-corrected chi connectivity index (χ0v) is 16.9. The van der Waals surface area contributed by atoms with E-state index in [1.54, 1.807) is 16.8 Å². The zero-order valence-electron chi connectivity index (χ0n) is 16.9. The molecule has 7 heteroatoms. The van der Waals surface area contributed by atoms with Gasteiger partial charge in [0.1, 0.15) is 5.52 Å². The van der Waals surface area contributed by atoms with E-state index in [-0.39, 0.29) is 11.5 Å². The number of amides is 1. The Kier molecular flexibility index (Phi) is 5.92. The number of aromatic nitrogens is 3. The molecule has 2 aliphatic rings. The Morgan fingerprint density at radius 3 is 2.66 bits per heavy atom. The summed E-state index contributed by atoms with van der Waals surface area (Å²) in [7, 11) is 0. The Labute approximate surface area is 171 Å². The van der Waals surface area contributed by atoms with Crippen LogP contribution in [-0.4, -0.2) is 51.5 Å². The summed E-state index contributed by atoms with van der Waals surface area (Å²) < 4.78 is 1.62. The maximum absolute atomic E-state index is 13.0. The number of piperazine rings is 1. The van der Waals surface area contributed by atoms with Crippen LogP contribution in [-0.2, 0) is 11.3 Å². The molecule has 0 atom stereocenters. The number of pyridine rings is 1. The molecule has 4 rings (SSSR count). The second-order valence-electron chi connectivity index (χ2n) is 8.06. The molecule has 2 aromatic heterocycles. The number of carbonyl (C=O) groups is 1. The van der Waals surface area contributed by atoms with Crippen LogP contribution < -0.4 is 10.5 Å². The van der Waals surface area contributed by atoms with Gasteiger partial charge in [-0.3, -0.25) is 14.2 Å². The standard InChI is InChI=1S/C22H29N5O2/c1-2-11-27-20-18(9-6-10-23-20)24-21(22(27)29)26-14-12-25(13-15-26)19(28)16-17-7-4-3-5-8-17/h2,6,9-10,17H,1,3-5,7-8,11-16H2. The van der Waals surface area contributed by atoms with Crippen molar-refractivity contribution < 1.29 is 4.79 Å². The highest BCUT2D eigenvalue weighted by atomic mass is 16.2. The normalized spacial score (nSPS) is 18.2. The number of hydrogen-bond acceptors (Lipinski definition) is 5. The van der Waals surface area contributed by atoms with Crippen LogP contribution in [0.1, 0.15) is 38.5 Å². The summed E-state index contributed by atoms with van der Waals surface area (Å²) in [5, 5.41) is 0. The average molecular weight is 396 g/mol. The first-order chi connectivity index (χ1) is 14.2. The van der Waals surface area contributed by atoms with E-state index in [4.69, 9.17) is 0 Å². The molecule has 1 aliphatic carbocycles. The van der Waals surface area contributed by atoms with Crippen LogP contribution >= 0.6 is 0 Å². The smallest absolute Gasteiger partial charge is 0.295 e. The predicted octanol–water partition coefficient (Wildman–Crippen LogP) is 2.60. The maximum Gasteiger partial charge on any atom is 0.295 e. The van der Waals surface area contributed by atoms with Gasteiger partial charge in [0.15, 0.2) is 11.5 Å². The summed E-state index contributed by atoms with van der Waals surface area (Å²) in [4.78, 5) is 38.6. The molecule has 154 valence electrons. The Morgan fingerprint density at radius 1 is 1.17 bits per heavy atom. The topological polar surface area (TPSA) is 71.3 Å². The third-order valence-electron chi connectivity index (χ3n) is 6.12. The first kappa shape index (κ1) is 19.6. The quantitative estimate of drug-likeness (QED) is 0.728. The van der Waals surface area contributed by atoms with Gasteiger partial charge >= 0.3 is 0 Å². The molecule has 1 saturated carbocycles. The van der Waals surface area contributed by atoms with Crippen molar-refractivity contribution in [1.82, 2.24) is 19.4 Å². The SMILES string of the molecule is C=CCn1c(=O)c(N2CCN(C(=O)CC3CCCCC3)CC2)nc2cccnc21. The molecular formula is C22H29N5O2. The number of allylic oxidation sites excluding steroid dienone is 1. The minimum atomic E-state index is -0.155. The van der Waals surface area contributed by atoms with Crippen molar-refractivity contribution in [2.24, 2.45) is 5.92 Å². The van der Waals surface area contributed by atoms with E-state index in [0.29, 0.717) is 62.0 Å². The molecule has 0 aromatic carbocycles. The van der Waals surface area contributed by atoms with E-state index < -0.39 is 0 Å². The molecule has 1 amide bonds. The van der Waals surface area contributed by atoms with Crippen molar-refractivity contribution in [2.75, 3.05) is 31.1 Å². The number of carbonyl (C=O) groups excluding carboxylic acids is 1. The van der Waals surface area contributed by atoms with Gasteiger partial charge in [0.25, 0.3) is 5.56 Å². The third-order valence-corrected chi connectivity index (χ3v) is 6.12. The van der Waals surface area contributed by atoms with Crippen LogP contribution in [0.25, 0.3) is 11.2 Å². The van der Waals surface area contributed by atoms with E-state index >= 15 is 0 Å². The molecule has 2 fully saturated rings. The lowest BCUT2D eigenvalue weighted by molar-refractivity contribution is -0.132. The Morgan fingerprint density at radius 2 is 1.93 bits per heavy atom. The van der Waals surface area contributed by atoms with Crippen LogP contribution in [0, 0.1) is 5.92 Å². The highest BCUT2D eigenvalue weighted by Gasteiger charge is 2.26. The molecule has 1 aliphatic heterocycles. The first-order valence-electron chi connectivity index (χ1n) is 10.7. The van der Waals surface area contributed by atoms with Gasteiger partial charge in [-0.05, 0) is 30.9 Å². The fraction of sp³-hybridized carbons (Fsp3) is 0.545. The minimum Gasteiger partial charge on any atom is -0.348 e. The van der Waals surface area contributed by atoms with Gasteiger partial charge in [0, 0.05) is 45.3 Å². The lowest BCUT2D eigenvalue weighted by atomic mass is 9.86. The van der Waals surface area contributed by atoms with Crippen LogP contribution in [0.4, 0.5) is 5.82 Å². The average Bonchev–Trinajstić information content (AvgIpc) is 2.76. The molecule has 0 unspecified atom stereocenters. The number of hydrogen-bond donors (Lipinski definition) is 0. The monoisotopic (exact) mass is 395 g/mol. The molecule has 0 spiro atoms. The Balaban J connectivity index is 1.47. The van der Waals surface area contributed by atoms with Gasteiger partial charge in [-0.25, -0.2) is 9.97 Å². The lowest BCUT2D eigenvalue weighted by Gasteiger charge is -2.36. The van der Waals surface area contributed by atoms with Crippen molar-refractivity contribution in [2.45, 2.75) is 45.1 Å². The van der Waals surface area contributed by atoms with Crippen molar-refractivity contribution in [1.29, 1.82) is 0 Å². The van der Waals surface area contributed by atoms with Gasteiger partial charge in [-0.2, -0.15) is 0 Å². The predicted molar refractivity (Wildman–Crippen MR) is 114 cm³/mol. The molecule has 0 radical (unpaired) electrons.